The molecule has 0 aliphatic carbocycles. The fourth-order valence-electron chi connectivity index (χ4n) is 2.01. The molecule has 1 N–H and O–H groups in total. The molecule has 1 aliphatic rings. The van der Waals surface area contributed by atoms with E-state index >= 15 is 0 Å². The number of rotatable bonds is 1. The smallest absolute Gasteiger partial charge is 0.0236 e. The summed E-state index contributed by atoms with van der Waals surface area (Å²) in [5, 5.41) is 3.39. The molecule has 0 aromatic carbocycles. The minimum Gasteiger partial charge on any atom is -0.386 e. The number of hydrogen-bond acceptors (Lipinski definition) is 1. The topological polar surface area (TPSA) is 12.0 Å². The Morgan fingerprint density at radius 2 is 2.08 bits per heavy atom. The van der Waals surface area contributed by atoms with Gasteiger partial charge in [0.2, 0.25) is 0 Å². The van der Waals surface area contributed by atoms with Gasteiger partial charge in [-0.05, 0) is 25.2 Å². The van der Waals surface area contributed by atoms with Crippen LogP contribution in [0.4, 0.5) is 0 Å². The van der Waals surface area contributed by atoms with Crippen molar-refractivity contribution in [3.63, 3.8) is 0 Å². The first-order chi connectivity index (χ1) is 5.38. The molecule has 0 aromatic rings. The number of nitrogens with one attached hydrogen (secondary N) is 1. The van der Waals surface area contributed by atoms with Crippen molar-refractivity contribution in [2.24, 2.45) is 11.3 Å². The van der Waals surface area contributed by atoms with E-state index in [2.05, 4.69) is 39.6 Å². The van der Waals surface area contributed by atoms with Crippen LogP contribution in [0.15, 0.2) is 12.3 Å². The molecule has 1 rings (SSSR count). The summed E-state index contributed by atoms with van der Waals surface area (Å²) >= 11 is 0. The molecule has 0 aromatic heterocycles. The highest BCUT2D eigenvalue weighted by atomic mass is 15.0. The Kier molecular flexibility index (Phi) is 2.50. The molecular formula is C11H21N. The second kappa shape index (κ2) is 3.12. The van der Waals surface area contributed by atoms with Crippen LogP contribution in [0.25, 0.3) is 0 Å². The quantitative estimate of drug-likeness (QED) is 0.633. The van der Waals surface area contributed by atoms with Gasteiger partial charge in [0, 0.05) is 17.7 Å². The summed E-state index contributed by atoms with van der Waals surface area (Å²) in [4.78, 5) is 0. The van der Waals surface area contributed by atoms with Crippen LogP contribution in [-0.2, 0) is 0 Å². The predicted molar refractivity (Wildman–Crippen MR) is 53.9 cm³/mol. The highest BCUT2D eigenvalue weighted by molar-refractivity contribution is 5.07. The molecule has 0 saturated carbocycles. The lowest BCUT2D eigenvalue weighted by molar-refractivity contribution is 0.319. The van der Waals surface area contributed by atoms with Crippen LogP contribution in [0, 0.1) is 11.3 Å². The first-order valence-corrected chi connectivity index (χ1v) is 4.84. The molecule has 1 fully saturated rings. The zero-order chi connectivity index (χ0) is 9.35. The summed E-state index contributed by atoms with van der Waals surface area (Å²) in [5.41, 5.74) is 1.68. The Morgan fingerprint density at radius 1 is 1.50 bits per heavy atom. The third-order valence-electron chi connectivity index (χ3n) is 2.42. The Balaban J connectivity index is 2.49. The summed E-state index contributed by atoms with van der Waals surface area (Å²) in [6.45, 7) is 13.2. The molecular weight excluding hydrogens is 146 g/mol. The normalized spacial score (nSPS) is 30.5. The van der Waals surface area contributed by atoms with Crippen molar-refractivity contribution in [1.82, 2.24) is 5.32 Å². The minimum atomic E-state index is 0.430. The summed E-state index contributed by atoms with van der Waals surface area (Å²) < 4.78 is 0. The average molecular weight is 167 g/mol. The number of allylic oxidation sites excluding steroid dienone is 1. The zero-order valence-electron chi connectivity index (χ0n) is 8.78. The van der Waals surface area contributed by atoms with Crippen LogP contribution in [-0.4, -0.2) is 6.04 Å². The zero-order valence-corrected chi connectivity index (χ0v) is 8.78. The second-order valence-electron chi connectivity index (χ2n) is 5.27. The lowest BCUT2D eigenvalue weighted by Crippen LogP contribution is -2.15. The Hall–Kier alpha value is -0.460. The monoisotopic (exact) mass is 167 g/mol. The molecule has 0 amide bonds. The van der Waals surface area contributed by atoms with Crippen molar-refractivity contribution in [1.29, 1.82) is 0 Å². The molecule has 1 heterocycles. The average Bonchev–Trinajstić information content (AvgIpc) is 2.06. The van der Waals surface area contributed by atoms with Gasteiger partial charge in [0.25, 0.3) is 0 Å². The molecule has 0 bridgehead atoms. The van der Waals surface area contributed by atoms with Crippen LogP contribution in [0.2, 0.25) is 0 Å². The second-order valence-corrected chi connectivity index (χ2v) is 5.27. The molecule has 0 spiro atoms. The van der Waals surface area contributed by atoms with Gasteiger partial charge in [-0.15, -0.1) is 0 Å². The van der Waals surface area contributed by atoms with Gasteiger partial charge in [-0.2, -0.15) is 0 Å². The summed E-state index contributed by atoms with van der Waals surface area (Å²) in [6, 6.07) is 0.629. The lowest BCUT2D eigenvalue weighted by Gasteiger charge is -2.22. The maximum Gasteiger partial charge on any atom is 0.0236 e. The van der Waals surface area contributed by atoms with Crippen molar-refractivity contribution in [3.05, 3.63) is 12.3 Å². The highest BCUT2D eigenvalue weighted by Gasteiger charge is 2.27. The van der Waals surface area contributed by atoms with Crippen molar-refractivity contribution in [2.45, 2.75) is 46.6 Å². The third kappa shape index (κ3) is 2.54. The molecule has 2 atom stereocenters. The van der Waals surface area contributed by atoms with Gasteiger partial charge >= 0.3 is 0 Å². The molecule has 1 heteroatoms. The van der Waals surface area contributed by atoms with E-state index in [0.717, 1.165) is 0 Å². The van der Waals surface area contributed by atoms with Crippen molar-refractivity contribution in [3.8, 4) is 0 Å². The molecule has 1 nitrogen and oxygen atoms in total. The molecule has 12 heavy (non-hydrogen) atoms. The minimum absolute atomic E-state index is 0.430. The van der Waals surface area contributed by atoms with Crippen molar-refractivity contribution in [2.75, 3.05) is 0 Å². The van der Waals surface area contributed by atoms with E-state index in [1.165, 1.54) is 18.5 Å². The largest absolute Gasteiger partial charge is 0.386 e. The van der Waals surface area contributed by atoms with Gasteiger partial charge in [0.1, 0.15) is 0 Å². The van der Waals surface area contributed by atoms with Gasteiger partial charge in [-0.25, -0.2) is 0 Å². The van der Waals surface area contributed by atoms with E-state index in [1.54, 1.807) is 0 Å². The molecule has 2 unspecified atom stereocenters. The van der Waals surface area contributed by atoms with Crippen LogP contribution in [0.3, 0.4) is 0 Å². The maximum atomic E-state index is 4.06. The van der Waals surface area contributed by atoms with Gasteiger partial charge in [-0.1, -0.05) is 27.4 Å². The van der Waals surface area contributed by atoms with Crippen molar-refractivity contribution >= 4 is 0 Å². The van der Waals surface area contributed by atoms with Gasteiger partial charge in [0.15, 0.2) is 0 Å². The fraction of sp³-hybridized carbons (Fsp3) is 0.818. The Labute approximate surface area is 76.2 Å². The van der Waals surface area contributed by atoms with Crippen molar-refractivity contribution < 1.29 is 0 Å². The Bertz CT molecular complexity index is 176. The summed E-state index contributed by atoms with van der Waals surface area (Å²) in [5.74, 6) is 0.694. The molecule has 70 valence electrons. The predicted octanol–water partition coefficient (Wildman–Crippen LogP) is 2.93. The van der Waals surface area contributed by atoms with Gasteiger partial charge in [-0.3, -0.25) is 0 Å². The Morgan fingerprint density at radius 3 is 2.42 bits per heavy atom. The summed E-state index contributed by atoms with van der Waals surface area (Å²) in [7, 11) is 0. The SMILES string of the molecule is C=C1NC(C)CC1CC(C)(C)C. The molecule has 1 saturated heterocycles. The first-order valence-electron chi connectivity index (χ1n) is 4.84. The van der Waals surface area contributed by atoms with Crippen LogP contribution in [0.5, 0.6) is 0 Å². The molecule has 0 radical (unpaired) electrons. The van der Waals surface area contributed by atoms with E-state index in [0.29, 0.717) is 17.4 Å². The third-order valence-corrected chi connectivity index (χ3v) is 2.42. The maximum absolute atomic E-state index is 4.06. The first kappa shape index (κ1) is 9.63. The summed E-state index contributed by atoms with van der Waals surface area (Å²) in [6.07, 6.45) is 2.51. The standard InChI is InChI=1S/C11H21N/c1-8-6-10(9(2)12-8)7-11(3,4)5/h8,10,12H,2,6-7H2,1,3-5H3. The van der Waals surface area contributed by atoms with Crippen LogP contribution < -0.4 is 5.32 Å². The van der Waals surface area contributed by atoms with Gasteiger partial charge < -0.3 is 5.32 Å². The van der Waals surface area contributed by atoms with Gasteiger partial charge in [0.05, 0.1) is 0 Å². The van der Waals surface area contributed by atoms with Crippen LogP contribution in [0.1, 0.15) is 40.5 Å². The van der Waals surface area contributed by atoms with Crippen LogP contribution >= 0.6 is 0 Å². The van der Waals surface area contributed by atoms with E-state index in [9.17, 15) is 0 Å². The van der Waals surface area contributed by atoms with E-state index in [4.69, 9.17) is 0 Å². The van der Waals surface area contributed by atoms with E-state index in [-0.39, 0.29) is 0 Å². The van der Waals surface area contributed by atoms with E-state index < -0.39 is 0 Å². The van der Waals surface area contributed by atoms with E-state index in [1.807, 2.05) is 0 Å². The highest BCUT2D eigenvalue weighted by Crippen LogP contribution is 2.33. The molecule has 1 aliphatic heterocycles. The fourth-order valence-corrected chi connectivity index (χ4v) is 2.01. The lowest BCUT2D eigenvalue weighted by atomic mass is 9.83. The number of hydrogen-bond donors (Lipinski definition) is 1.